The summed E-state index contributed by atoms with van der Waals surface area (Å²) in [5.41, 5.74) is 1.75. The number of hydrogen-bond donors (Lipinski definition) is 1. The highest BCUT2D eigenvalue weighted by atomic mass is 32.2. The zero-order valence-corrected chi connectivity index (χ0v) is 20.8. The number of aryl methyl sites for hydroxylation is 2. The Balaban J connectivity index is 1.57. The minimum atomic E-state index is -0.474. The standard InChI is InChI=1S/C24H24FN5O2S2/c1-14-16(3)33-23(26-14)27-22(31)17(4)34-24-29-28-21(30(24)19-8-6-5-7-9-19)15(2)32-20-12-10-18(25)11-13-20/h5-13,15,17H,1-4H3,(H,26,27,31). The molecule has 2 unspecified atom stereocenters. The lowest BCUT2D eigenvalue weighted by atomic mass is 10.3. The fourth-order valence-corrected chi connectivity index (χ4v) is 4.85. The van der Waals surface area contributed by atoms with Gasteiger partial charge in [0, 0.05) is 10.6 Å². The summed E-state index contributed by atoms with van der Waals surface area (Å²) in [7, 11) is 0. The first kappa shape index (κ1) is 23.9. The van der Waals surface area contributed by atoms with Crippen molar-refractivity contribution < 1.29 is 13.9 Å². The van der Waals surface area contributed by atoms with E-state index in [1.807, 2.05) is 62.6 Å². The van der Waals surface area contributed by atoms with Gasteiger partial charge in [-0.05, 0) is 64.1 Å². The number of aromatic nitrogens is 4. The SMILES string of the molecule is Cc1nc(NC(=O)C(C)Sc2nnc(C(C)Oc3ccc(F)cc3)n2-c2ccccc2)sc1C. The molecule has 1 N–H and O–H groups in total. The molecule has 2 aromatic heterocycles. The van der Waals surface area contributed by atoms with Crippen LogP contribution in [0.25, 0.3) is 5.69 Å². The fourth-order valence-electron chi connectivity index (χ4n) is 3.16. The van der Waals surface area contributed by atoms with Crippen LogP contribution in [0.15, 0.2) is 59.8 Å². The van der Waals surface area contributed by atoms with Crippen molar-refractivity contribution in [3.05, 3.63) is 76.8 Å². The van der Waals surface area contributed by atoms with Crippen LogP contribution in [0.2, 0.25) is 0 Å². The molecule has 176 valence electrons. The first-order chi connectivity index (χ1) is 16.3. The van der Waals surface area contributed by atoms with E-state index < -0.39 is 11.4 Å². The number of para-hydroxylation sites is 1. The average Bonchev–Trinajstić information content (AvgIpc) is 3.38. The predicted molar refractivity (Wildman–Crippen MR) is 132 cm³/mol. The van der Waals surface area contributed by atoms with Crippen LogP contribution in [-0.4, -0.2) is 30.9 Å². The number of carbonyl (C=O) groups excluding carboxylic acids is 1. The zero-order chi connectivity index (χ0) is 24.2. The Morgan fingerprint density at radius 2 is 1.79 bits per heavy atom. The molecule has 0 fully saturated rings. The molecule has 0 bridgehead atoms. The average molecular weight is 498 g/mol. The first-order valence-electron chi connectivity index (χ1n) is 10.7. The van der Waals surface area contributed by atoms with Gasteiger partial charge in [-0.25, -0.2) is 9.37 Å². The Bertz CT molecular complexity index is 1260. The number of benzene rings is 2. The molecule has 2 aromatic carbocycles. The molecule has 4 rings (SSSR count). The van der Waals surface area contributed by atoms with Gasteiger partial charge in [-0.2, -0.15) is 0 Å². The van der Waals surface area contributed by atoms with E-state index in [0.717, 1.165) is 16.3 Å². The van der Waals surface area contributed by atoms with Crippen molar-refractivity contribution in [3.63, 3.8) is 0 Å². The molecule has 0 radical (unpaired) electrons. The van der Waals surface area contributed by atoms with E-state index in [-0.39, 0.29) is 11.7 Å². The minimum absolute atomic E-state index is 0.168. The van der Waals surface area contributed by atoms with Crippen molar-refractivity contribution in [2.24, 2.45) is 0 Å². The smallest absolute Gasteiger partial charge is 0.239 e. The van der Waals surface area contributed by atoms with Gasteiger partial charge in [0.15, 0.2) is 22.2 Å². The van der Waals surface area contributed by atoms with E-state index in [1.54, 1.807) is 12.1 Å². The number of anilines is 1. The van der Waals surface area contributed by atoms with E-state index in [2.05, 4.69) is 20.5 Å². The Labute approximate surface area is 205 Å². The molecule has 34 heavy (non-hydrogen) atoms. The summed E-state index contributed by atoms with van der Waals surface area (Å²) in [4.78, 5) is 18.3. The number of rotatable bonds is 8. The summed E-state index contributed by atoms with van der Waals surface area (Å²) in [5, 5.41) is 12.3. The number of nitrogens with one attached hydrogen (secondary N) is 1. The van der Waals surface area contributed by atoms with E-state index in [4.69, 9.17) is 4.74 Å². The molecule has 0 saturated carbocycles. The Morgan fingerprint density at radius 3 is 2.44 bits per heavy atom. The minimum Gasteiger partial charge on any atom is -0.483 e. The van der Waals surface area contributed by atoms with Crippen LogP contribution in [-0.2, 0) is 4.79 Å². The lowest BCUT2D eigenvalue weighted by Crippen LogP contribution is -2.23. The molecule has 0 saturated heterocycles. The first-order valence-corrected chi connectivity index (χ1v) is 12.4. The lowest BCUT2D eigenvalue weighted by molar-refractivity contribution is -0.115. The molecule has 2 heterocycles. The van der Waals surface area contributed by atoms with Crippen LogP contribution in [0.4, 0.5) is 9.52 Å². The third kappa shape index (κ3) is 5.45. The van der Waals surface area contributed by atoms with Crippen LogP contribution in [0.3, 0.4) is 0 Å². The lowest BCUT2D eigenvalue weighted by Gasteiger charge is -2.17. The number of carbonyl (C=O) groups is 1. The van der Waals surface area contributed by atoms with Crippen LogP contribution in [0.1, 0.15) is 36.3 Å². The van der Waals surface area contributed by atoms with Gasteiger partial charge in [0.05, 0.1) is 10.9 Å². The van der Waals surface area contributed by atoms with Crippen LogP contribution < -0.4 is 10.1 Å². The quantitative estimate of drug-likeness (QED) is 0.313. The van der Waals surface area contributed by atoms with Gasteiger partial charge in [0.1, 0.15) is 11.6 Å². The highest BCUT2D eigenvalue weighted by Crippen LogP contribution is 2.31. The van der Waals surface area contributed by atoms with Gasteiger partial charge < -0.3 is 10.1 Å². The second-order valence-electron chi connectivity index (χ2n) is 7.64. The monoisotopic (exact) mass is 497 g/mol. The highest BCUT2D eigenvalue weighted by molar-refractivity contribution is 8.00. The van der Waals surface area contributed by atoms with Crippen molar-refractivity contribution in [2.45, 2.75) is 44.2 Å². The molecule has 0 spiro atoms. The van der Waals surface area contributed by atoms with Crippen molar-refractivity contribution in [3.8, 4) is 11.4 Å². The number of thioether (sulfide) groups is 1. The van der Waals surface area contributed by atoms with Crippen molar-refractivity contribution >= 4 is 34.1 Å². The van der Waals surface area contributed by atoms with Gasteiger partial charge in [-0.1, -0.05) is 30.0 Å². The summed E-state index contributed by atoms with van der Waals surface area (Å²) in [6.07, 6.45) is -0.474. The summed E-state index contributed by atoms with van der Waals surface area (Å²) in [6, 6.07) is 15.5. The second kappa shape index (κ2) is 10.4. The largest absolute Gasteiger partial charge is 0.483 e. The molecule has 0 aliphatic heterocycles. The molecule has 4 aromatic rings. The maximum absolute atomic E-state index is 13.3. The molecule has 7 nitrogen and oxygen atoms in total. The number of amides is 1. The summed E-state index contributed by atoms with van der Waals surface area (Å²) in [6.45, 7) is 7.55. The zero-order valence-electron chi connectivity index (χ0n) is 19.2. The topological polar surface area (TPSA) is 81.9 Å². The molecule has 2 atom stereocenters. The van der Waals surface area contributed by atoms with Crippen LogP contribution in [0.5, 0.6) is 5.75 Å². The molecule has 10 heteroatoms. The Morgan fingerprint density at radius 1 is 1.09 bits per heavy atom. The van der Waals surface area contributed by atoms with E-state index >= 15 is 0 Å². The molecular formula is C24H24FN5O2S2. The molecule has 1 amide bonds. The Kier molecular flexibility index (Phi) is 7.28. The fraction of sp³-hybridized carbons (Fsp3) is 0.250. The van der Waals surface area contributed by atoms with Gasteiger partial charge >= 0.3 is 0 Å². The molecule has 0 aliphatic carbocycles. The normalized spacial score (nSPS) is 12.9. The predicted octanol–water partition coefficient (Wildman–Crippen LogP) is 5.74. The summed E-state index contributed by atoms with van der Waals surface area (Å²) in [5.74, 6) is 0.587. The van der Waals surface area contributed by atoms with Gasteiger partial charge in [-0.3, -0.25) is 9.36 Å². The summed E-state index contributed by atoms with van der Waals surface area (Å²) < 4.78 is 21.1. The van der Waals surface area contributed by atoms with E-state index in [1.165, 1.54) is 35.2 Å². The number of halogens is 1. The number of thiazole rings is 1. The number of hydrogen-bond acceptors (Lipinski definition) is 7. The maximum Gasteiger partial charge on any atom is 0.239 e. The van der Waals surface area contributed by atoms with Crippen molar-refractivity contribution in [1.82, 2.24) is 19.7 Å². The molecule has 0 aliphatic rings. The van der Waals surface area contributed by atoms with Crippen LogP contribution >= 0.6 is 23.1 Å². The highest BCUT2D eigenvalue weighted by Gasteiger charge is 2.25. The van der Waals surface area contributed by atoms with Crippen molar-refractivity contribution in [1.29, 1.82) is 0 Å². The van der Waals surface area contributed by atoms with Crippen molar-refractivity contribution in [2.75, 3.05) is 5.32 Å². The van der Waals surface area contributed by atoms with Gasteiger partial charge in [0.25, 0.3) is 0 Å². The van der Waals surface area contributed by atoms with Gasteiger partial charge in [-0.15, -0.1) is 21.5 Å². The number of nitrogens with zero attached hydrogens (tertiary/aromatic N) is 4. The van der Waals surface area contributed by atoms with E-state index in [9.17, 15) is 9.18 Å². The van der Waals surface area contributed by atoms with E-state index in [0.29, 0.717) is 21.9 Å². The molecular weight excluding hydrogens is 473 g/mol. The summed E-state index contributed by atoms with van der Waals surface area (Å²) >= 11 is 2.75. The second-order valence-corrected chi connectivity index (χ2v) is 10.1. The third-order valence-electron chi connectivity index (χ3n) is 5.07. The van der Waals surface area contributed by atoms with Gasteiger partial charge in [0.2, 0.25) is 5.91 Å². The third-order valence-corrected chi connectivity index (χ3v) is 7.10. The number of ether oxygens (including phenoxy) is 1. The Hall–Kier alpha value is -3.24. The van der Waals surface area contributed by atoms with Crippen LogP contribution in [0, 0.1) is 19.7 Å². The maximum atomic E-state index is 13.3.